The van der Waals surface area contributed by atoms with Crippen molar-refractivity contribution in [1.29, 1.82) is 0 Å². The van der Waals surface area contributed by atoms with E-state index < -0.39 is 0 Å². The first-order chi connectivity index (χ1) is 7.68. The summed E-state index contributed by atoms with van der Waals surface area (Å²) < 4.78 is 1.04. The molecular weight excluding hydrogens is 286 g/mol. The van der Waals surface area contributed by atoms with E-state index >= 15 is 0 Å². The van der Waals surface area contributed by atoms with Crippen LogP contribution in [0.1, 0.15) is 41.9 Å². The van der Waals surface area contributed by atoms with Gasteiger partial charge in [0.25, 0.3) is 5.91 Å². The van der Waals surface area contributed by atoms with Crippen molar-refractivity contribution < 1.29 is 4.79 Å². The van der Waals surface area contributed by atoms with E-state index in [0.717, 1.165) is 40.2 Å². The molecule has 16 heavy (non-hydrogen) atoms. The molecule has 0 unspecified atom stereocenters. The van der Waals surface area contributed by atoms with Crippen LogP contribution in [0.5, 0.6) is 0 Å². The number of hydrogen-bond acceptors (Lipinski definition) is 2. The van der Waals surface area contributed by atoms with Crippen molar-refractivity contribution in [2.45, 2.75) is 33.6 Å². The number of hydrogen-bond donors (Lipinski definition) is 0. The lowest BCUT2D eigenvalue weighted by molar-refractivity contribution is 0.0797. The summed E-state index contributed by atoms with van der Waals surface area (Å²) in [6.07, 6.45) is 2.30. The topological polar surface area (TPSA) is 20.3 Å². The predicted octanol–water partition coefficient (Wildman–Crippen LogP) is 4.08. The van der Waals surface area contributed by atoms with E-state index in [2.05, 4.69) is 15.9 Å². The van der Waals surface area contributed by atoms with Gasteiger partial charge in [-0.2, -0.15) is 0 Å². The summed E-state index contributed by atoms with van der Waals surface area (Å²) >= 11 is 4.94. The molecule has 2 nitrogen and oxygen atoms in total. The lowest BCUT2D eigenvalue weighted by Crippen LogP contribution is -2.27. The standard InChI is InChI=1S/C10H12BrNOS.C2H6/c1-7-6-8(11)14-9(7)10(13)12-4-2-3-5-12;1-2/h6H,2-5H2,1H3;1-2H3. The zero-order chi connectivity index (χ0) is 12.1. The van der Waals surface area contributed by atoms with E-state index in [1.54, 1.807) is 0 Å². The van der Waals surface area contributed by atoms with Gasteiger partial charge in [0.05, 0.1) is 8.66 Å². The van der Waals surface area contributed by atoms with Crippen LogP contribution in [0.3, 0.4) is 0 Å². The van der Waals surface area contributed by atoms with Gasteiger partial charge in [-0.3, -0.25) is 4.79 Å². The second-order valence-electron chi connectivity index (χ2n) is 3.56. The maximum atomic E-state index is 12.0. The van der Waals surface area contributed by atoms with Gasteiger partial charge in [-0.25, -0.2) is 0 Å². The van der Waals surface area contributed by atoms with E-state index in [4.69, 9.17) is 0 Å². The summed E-state index contributed by atoms with van der Waals surface area (Å²) in [5.74, 6) is 0.204. The van der Waals surface area contributed by atoms with Crippen LogP contribution in [0, 0.1) is 6.92 Å². The molecule has 1 fully saturated rings. The quantitative estimate of drug-likeness (QED) is 0.765. The van der Waals surface area contributed by atoms with Gasteiger partial charge >= 0.3 is 0 Å². The van der Waals surface area contributed by atoms with E-state index in [9.17, 15) is 4.79 Å². The highest BCUT2D eigenvalue weighted by Gasteiger charge is 2.22. The third-order valence-electron chi connectivity index (χ3n) is 2.48. The minimum Gasteiger partial charge on any atom is -0.338 e. The molecule has 1 aromatic rings. The molecule has 1 aliphatic rings. The molecule has 0 saturated carbocycles. The highest BCUT2D eigenvalue weighted by molar-refractivity contribution is 9.11. The summed E-state index contributed by atoms with van der Waals surface area (Å²) in [7, 11) is 0. The van der Waals surface area contributed by atoms with Gasteiger partial charge < -0.3 is 4.90 Å². The Morgan fingerprint density at radius 1 is 1.38 bits per heavy atom. The van der Waals surface area contributed by atoms with Crippen molar-refractivity contribution in [1.82, 2.24) is 4.90 Å². The Bertz CT molecular complexity index is 356. The van der Waals surface area contributed by atoms with Crippen molar-refractivity contribution >= 4 is 33.2 Å². The largest absolute Gasteiger partial charge is 0.338 e. The zero-order valence-electron chi connectivity index (χ0n) is 10.0. The van der Waals surface area contributed by atoms with Gasteiger partial charge in [0.15, 0.2) is 0 Å². The second kappa shape index (κ2) is 6.40. The molecule has 4 heteroatoms. The van der Waals surface area contributed by atoms with Crippen LogP contribution in [-0.4, -0.2) is 23.9 Å². The smallest absolute Gasteiger partial charge is 0.264 e. The molecule has 0 atom stereocenters. The Balaban J connectivity index is 0.000000606. The molecular formula is C12H18BrNOS. The summed E-state index contributed by atoms with van der Waals surface area (Å²) in [5, 5.41) is 0. The molecule has 0 spiro atoms. The number of thiophene rings is 1. The van der Waals surface area contributed by atoms with E-state index in [1.165, 1.54) is 11.3 Å². The Morgan fingerprint density at radius 3 is 2.38 bits per heavy atom. The third kappa shape index (κ3) is 3.08. The summed E-state index contributed by atoms with van der Waals surface area (Å²) in [6, 6.07) is 2.01. The van der Waals surface area contributed by atoms with Crippen LogP contribution in [0.15, 0.2) is 9.85 Å². The zero-order valence-corrected chi connectivity index (χ0v) is 12.4. The summed E-state index contributed by atoms with van der Waals surface area (Å²) in [6.45, 7) is 7.84. The van der Waals surface area contributed by atoms with E-state index in [-0.39, 0.29) is 5.91 Å². The second-order valence-corrected chi connectivity index (χ2v) is 5.99. The number of nitrogens with zero attached hydrogens (tertiary/aromatic N) is 1. The Labute approximate surface area is 110 Å². The molecule has 0 radical (unpaired) electrons. The molecule has 1 amide bonds. The molecule has 1 aromatic heterocycles. The number of carbonyl (C=O) groups excluding carboxylic acids is 1. The predicted molar refractivity (Wildman–Crippen MR) is 73.2 cm³/mol. The lowest BCUT2D eigenvalue weighted by Gasteiger charge is -2.14. The molecule has 2 rings (SSSR count). The Hall–Kier alpha value is -0.350. The van der Waals surface area contributed by atoms with Crippen molar-refractivity contribution in [3.05, 3.63) is 20.3 Å². The van der Waals surface area contributed by atoms with Crippen molar-refractivity contribution in [3.63, 3.8) is 0 Å². The minimum absolute atomic E-state index is 0.204. The monoisotopic (exact) mass is 303 g/mol. The van der Waals surface area contributed by atoms with Gasteiger partial charge in [0, 0.05) is 13.1 Å². The molecule has 0 aromatic carbocycles. The lowest BCUT2D eigenvalue weighted by atomic mass is 10.3. The average molecular weight is 304 g/mol. The van der Waals surface area contributed by atoms with Gasteiger partial charge in [0.1, 0.15) is 0 Å². The number of carbonyl (C=O) groups is 1. The SMILES string of the molecule is CC.Cc1cc(Br)sc1C(=O)N1CCCC1. The Kier molecular flexibility index (Phi) is 5.49. The van der Waals surface area contributed by atoms with Gasteiger partial charge in [-0.1, -0.05) is 13.8 Å². The van der Waals surface area contributed by atoms with Crippen LogP contribution in [0.2, 0.25) is 0 Å². The average Bonchev–Trinajstić information content (AvgIpc) is 2.90. The fourth-order valence-corrected chi connectivity index (χ4v) is 3.42. The molecule has 2 heterocycles. The van der Waals surface area contributed by atoms with E-state index in [1.807, 2.05) is 31.7 Å². The summed E-state index contributed by atoms with van der Waals surface area (Å²) in [4.78, 5) is 14.8. The highest BCUT2D eigenvalue weighted by atomic mass is 79.9. The minimum atomic E-state index is 0.204. The molecule has 1 saturated heterocycles. The van der Waals surface area contributed by atoms with Crippen LogP contribution in [-0.2, 0) is 0 Å². The first-order valence-corrected chi connectivity index (χ1v) is 7.34. The van der Waals surface area contributed by atoms with Crippen LogP contribution < -0.4 is 0 Å². The number of aryl methyl sites for hydroxylation is 1. The van der Waals surface area contributed by atoms with Crippen LogP contribution >= 0.6 is 27.3 Å². The van der Waals surface area contributed by atoms with Crippen molar-refractivity contribution in [2.75, 3.05) is 13.1 Å². The van der Waals surface area contributed by atoms with Gasteiger partial charge in [0.2, 0.25) is 0 Å². The van der Waals surface area contributed by atoms with Gasteiger partial charge in [-0.15, -0.1) is 11.3 Å². The molecule has 0 bridgehead atoms. The first kappa shape index (κ1) is 13.7. The maximum Gasteiger partial charge on any atom is 0.264 e. The van der Waals surface area contributed by atoms with Crippen LogP contribution in [0.25, 0.3) is 0 Å². The third-order valence-corrected chi connectivity index (χ3v) is 4.20. The molecule has 90 valence electrons. The molecule has 0 aliphatic carbocycles. The first-order valence-electron chi connectivity index (χ1n) is 5.73. The van der Waals surface area contributed by atoms with Crippen LogP contribution in [0.4, 0.5) is 0 Å². The van der Waals surface area contributed by atoms with E-state index in [0.29, 0.717) is 0 Å². The van der Waals surface area contributed by atoms with Crippen molar-refractivity contribution in [3.8, 4) is 0 Å². The fourth-order valence-electron chi connectivity index (χ4n) is 1.72. The highest BCUT2D eigenvalue weighted by Crippen LogP contribution is 2.28. The maximum absolute atomic E-state index is 12.0. The summed E-state index contributed by atoms with van der Waals surface area (Å²) in [5.41, 5.74) is 1.08. The fraction of sp³-hybridized carbons (Fsp3) is 0.583. The normalized spacial score (nSPS) is 14.6. The number of rotatable bonds is 1. The number of amides is 1. The van der Waals surface area contributed by atoms with Crippen molar-refractivity contribution in [2.24, 2.45) is 0 Å². The van der Waals surface area contributed by atoms with Gasteiger partial charge in [-0.05, 0) is 47.3 Å². The Morgan fingerprint density at radius 2 is 1.94 bits per heavy atom. The number of likely N-dealkylation sites (tertiary alicyclic amines) is 1. The molecule has 0 N–H and O–H groups in total. The molecule has 1 aliphatic heterocycles. The number of halogens is 1.